The number of benzene rings is 3. The smallest absolute Gasteiger partial charge is 0.262 e. The van der Waals surface area contributed by atoms with Crippen LogP contribution in [0.3, 0.4) is 0 Å². The highest BCUT2D eigenvalue weighted by Gasteiger charge is 2.42. The molecular weight excluding hydrogens is 374 g/mol. The Morgan fingerprint density at radius 2 is 1.60 bits per heavy atom. The van der Waals surface area contributed by atoms with E-state index >= 15 is 0 Å². The lowest BCUT2D eigenvalue weighted by molar-refractivity contribution is 0.0626. The molecule has 0 bridgehead atoms. The van der Waals surface area contributed by atoms with Gasteiger partial charge < -0.3 is 4.74 Å². The normalized spacial score (nSPS) is 19.5. The maximum absolute atomic E-state index is 13.5. The zero-order valence-corrected chi connectivity index (χ0v) is 16.2. The molecule has 2 atom stereocenters. The minimum absolute atomic E-state index is 0.0592. The number of ether oxygens (including phenoxy) is 1. The van der Waals surface area contributed by atoms with Crippen molar-refractivity contribution in [2.45, 2.75) is 18.9 Å². The van der Waals surface area contributed by atoms with E-state index in [0.29, 0.717) is 29.7 Å². The molecule has 0 saturated heterocycles. The van der Waals surface area contributed by atoms with Crippen LogP contribution in [0.1, 0.15) is 32.0 Å². The maximum atomic E-state index is 13.5. The van der Waals surface area contributed by atoms with E-state index < -0.39 is 0 Å². The molecule has 0 spiro atoms. The van der Waals surface area contributed by atoms with Crippen molar-refractivity contribution < 1.29 is 14.3 Å². The standard InChI is InChI=1S/C26H19NO3/c28-25-18-11-5-7-13-23(18)30-24-15-19-17-10-4-6-12-21(17)27(22(19)14-20(24)25)26(29)16-8-2-1-3-9-16/h1-13,20,24H,14-15H2/t20-,24+/m1/s1. The average Bonchev–Trinajstić information content (AvgIpc) is 3.12. The molecule has 0 saturated carbocycles. The Morgan fingerprint density at radius 1 is 0.867 bits per heavy atom. The van der Waals surface area contributed by atoms with Crippen molar-refractivity contribution in [2.24, 2.45) is 5.92 Å². The largest absolute Gasteiger partial charge is 0.489 e. The van der Waals surface area contributed by atoms with Gasteiger partial charge in [0.05, 0.1) is 17.0 Å². The molecular formula is C26H19NO3. The highest BCUT2D eigenvalue weighted by molar-refractivity contribution is 6.05. The number of carbonyl (C=O) groups is 2. The summed E-state index contributed by atoms with van der Waals surface area (Å²) < 4.78 is 8.06. The molecule has 3 aromatic carbocycles. The predicted octanol–water partition coefficient (Wildman–Crippen LogP) is 4.69. The van der Waals surface area contributed by atoms with Gasteiger partial charge in [-0.05, 0) is 35.9 Å². The fourth-order valence-corrected chi connectivity index (χ4v) is 4.95. The third-order valence-corrected chi connectivity index (χ3v) is 6.35. The number of aromatic nitrogens is 1. The molecule has 4 aromatic rings. The molecule has 0 unspecified atom stereocenters. The monoisotopic (exact) mass is 393 g/mol. The molecule has 1 aromatic heterocycles. The molecule has 2 heterocycles. The van der Waals surface area contributed by atoms with E-state index in [-0.39, 0.29) is 23.7 Å². The second kappa shape index (κ2) is 6.42. The van der Waals surface area contributed by atoms with E-state index in [9.17, 15) is 9.59 Å². The highest BCUT2D eigenvalue weighted by Crippen LogP contribution is 2.41. The van der Waals surface area contributed by atoms with Crippen LogP contribution in [0, 0.1) is 5.92 Å². The van der Waals surface area contributed by atoms with Crippen LogP contribution in [0.2, 0.25) is 0 Å². The lowest BCUT2D eigenvalue weighted by atomic mass is 9.78. The fraction of sp³-hybridized carbons (Fsp3) is 0.154. The van der Waals surface area contributed by atoms with E-state index in [1.807, 2.05) is 77.4 Å². The van der Waals surface area contributed by atoms with Gasteiger partial charge in [0, 0.05) is 29.5 Å². The number of para-hydroxylation sites is 2. The summed E-state index contributed by atoms with van der Waals surface area (Å²) in [6.45, 7) is 0. The topological polar surface area (TPSA) is 48.3 Å². The maximum Gasteiger partial charge on any atom is 0.262 e. The number of fused-ring (bicyclic) bond motifs is 5. The number of nitrogens with zero attached hydrogens (tertiary/aromatic N) is 1. The van der Waals surface area contributed by atoms with Crippen LogP contribution in [0.15, 0.2) is 78.9 Å². The second-order valence-corrected chi connectivity index (χ2v) is 7.98. The molecule has 1 aliphatic carbocycles. The predicted molar refractivity (Wildman–Crippen MR) is 114 cm³/mol. The van der Waals surface area contributed by atoms with Gasteiger partial charge >= 0.3 is 0 Å². The van der Waals surface area contributed by atoms with Gasteiger partial charge in [-0.2, -0.15) is 0 Å². The minimum atomic E-state index is -0.279. The summed E-state index contributed by atoms with van der Waals surface area (Å²) in [5.41, 5.74) is 4.21. The number of hydrogen-bond donors (Lipinski definition) is 0. The summed E-state index contributed by atoms with van der Waals surface area (Å²) in [7, 11) is 0. The summed E-state index contributed by atoms with van der Waals surface area (Å²) in [5, 5.41) is 1.06. The highest BCUT2D eigenvalue weighted by atomic mass is 16.5. The molecule has 4 nitrogen and oxygen atoms in total. The van der Waals surface area contributed by atoms with Gasteiger partial charge in [0.2, 0.25) is 0 Å². The van der Waals surface area contributed by atoms with Crippen molar-refractivity contribution in [3.63, 3.8) is 0 Å². The first-order chi connectivity index (χ1) is 14.7. The van der Waals surface area contributed by atoms with Crippen LogP contribution in [-0.4, -0.2) is 22.4 Å². The van der Waals surface area contributed by atoms with Gasteiger partial charge in [0.15, 0.2) is 5.78 Å². The van der Waals surface area contributed by atoms with Gasteiger partial charge in [-0.15, -0.1) is 0 Å². The molecule has 30 heavy (non-hydrogen) atoms. The van der Waals surface area contributed by atoms with Crippen molar-refractivity contribution in [2.75, 3.05) is 0 Å². The molecule has 0 N–H and O–H groups in total. The van der Waals surface area contributed by atoms with Crippen molar-refractivity contribution in [3.05, 3.63) is 101 Å². The van der Waals surface area contributed by atoms with E-state index in [2.05, 4.69) is 6.07 Å². The van der Waals surface area contributed by atoms with E-state index in [4.69, 9.17) is 4.74 Å². The number of ketones is 1. The molecule has 4 heteroatoms. The summed E-state index contributed by atoms with van der Waals surface area (Å²) in [6.07, 6.45) is 0.918. The number of rotatable bonds is 1. The van der Waals surface area contributed by atoms with E-state index in [0.717, 1.165) is 22.2 Å². The summed E-state index contributed by atoms with van der Waals surface area (Å²) in [4.78, 5) is 26.7. The lowest BCUT2D eigenvalue weighted by Crippen LogP contribution is -2.43. The second-order valence-electron chi connectivity index (χ2n) is 7.98. The van der Waals surface area contributed by atoms with Crippen LogP contribution < -0.4 is 4.74 Å². The van der Waals surface area contributed by atoms with Crippen LogP contribution >= 0.6 is 0 Å². The van der Waals surface area contributed by atoms with E-state index in [1.165, 1.54) is 0 Å². The first-order valence-electron chi connectivity index (χ1n) is 10.2. The number of carbonyl (C=O) groups excluding carboxylic acids is 2. The Balaban J connectivity index is 1.52. The molecule has 1 aliphatic heterocycles. The zero-order chi connectivity index (χ0) is 20.2. The first kappa shape index (κ1) is 17.2. The Bertz CT molecular complexity index is 1320. The Hall–Kier alpha value is -3.66. The SMILES string of the molecule is O=C1c2ccccc2O[C@H]2Cc3c(n(C(=O)c4ccccc4)c4ccccc34)C[C@@H]12. The van der Waals surface area contributed by atoms with Crippen LogP contribution in [0.25, 0.3) is 10.9 Å². The van der Waals surface area contributed by atoms with Crippen molar-refractivity contribution in [1.82, 2.24) is 4.57 Å². The third kappa shape index (κ3) is 2.40. The summed E-state index contributed by atoms with van der Waals surface area (Å²) in [5.74, 6) is 0.433. The lowest BCUT2D eigenvalue weighted by Gasteiger charge is -2.36. The average molecular weight is 393 g/mol. The van der Waals surface area contributed by atoms with Crippen LogP contribution in [0.5, 0.6) is 5.75 Å². The zero-order valence-electron chi connectivity index (χ0n) is 16.2. The molecule has 0 fully saturated rings. The van der Waals surface area contributed by atoms with Crippen molar-refractivity contribution >= 4 is 22.6 Å². The molecule has 0 amide bonds. The van der Waals surface area contributed by atoms with Gasteiger partial charge in [0.1, 0.15) is 11.9 Å². The van der Waals surface area contributed by atoms with Gasteiger partial charge in [-0.25, -0.2) is 0 Å². The Kier molecular flexibility index (Phi) is 3.69. The summed E-state index contributed by atoms with van der Waals surface area (Å²) in [6, 6.07) is 24.7. The van der Waals surface area contributed by atoms with Crippen LogP contribution in [0.4, 0.5) is 0 Å². The van der Waals surface area contributed by atoms with Gasteiger partial charge in [0.25, 0.3) is 5.91 Å². The van der Waals surface area contributed by atoms with E-state index in [1.54, 1.807) is 0 Å². The van der Waals surface area contributed by atoms with Crippen LogP contribution in [-0.2, 0) is 12.8 Å². The first-order valence-corrected chi connectivity index (χ1v) is 10.2. The molecule has 0 radical (unpaired) electrons. The van der Waals surface area contributed by atoms with Gasteiger partial charge in [-0.1, -0.05) is 48.5 Å². The fourth-order valence-electron chi connectivity index (χ4n) is 4.95. The number of hydrogen-bond acceptors (Lipinski definition) is 3. The quantitative estimate of drug-likeness (QED) is 0.471. The van der Waals surface area contributed by atoms with Crippen molar-refractivity contribution in [1.29, 1.82) is 0 Å². The molecule has 2 aliphatic rings. The van der Waals surface area contributed by atoms with Crippen molar-refractivity contribution in [3.8, 4) is 5.75 Å². The molecule has 6 rings (SSSR count). The number of Topliss-reactive ketones (excluding diaryl/α,β-unsaturated/α-hetero) is 1. The Morgan fingerprint density at radius 3 is 2.47 bits per heavy atom. The third-order valence-electron chi connectivity index (χ3n) is 6.35. The van der Waals surface area contributed by atoms with Gasteiger partial charge in [-0.3, -0.25) is 14.2 Å². The Labute approximate surface area is 173 Å². The molecule has 146 valence electrons. The summed E-state index contributed by atoms with van der Waals surface area (Å²) >= 11 is 0. The minimum Gasteiger partial charge on any atom is -0.489 e.